The van der Waals surface area contributed by atoms with Gasteiger partial charge in [-0.1, -0.05) is 66.7 Å². The first-order chi connectivity index (χ1) is 13.1. The summed E-state index contributed by atoms with van der Waals surface area (Å²) in [7, 11) is 0. The van der Waals surface area contributed by atoms with E-state index in [1.54, 1.807) is 0 Å². The Labute approximate surface area is 171 Å². The smallest absolute Gasteiger partial charge is 0.141 e. The van der Waals surface area contributed by atoms with E-state index in [2.05, 4.69) is 29.2 Å². The van der Waals surface area contributed by atoms with Crippen molar-refractivity contribution in [3.05, 3.63) is 69.7 Å². The molecular formula is C23H25Cl2NO. The van der Waals surface area contributed by atoms with E-state index in [9.17, 15) is 4.79 Å². The summed E-state index contributed by atoms with van der Waals surface area (Å²) < 4.78 is 0. The van der Waals surface area contributed by atoms with Gasteiger partial charge in [-0.05, 0) is 48.2 Å². The van der Waals surface area contributed by atoms with Crippen molar-refractivity contribution in [2.24, 2.45) is 11.8 Å². The molecule has 2 aromatic rings. The third-order valence-electron chi connectivity index (χ3n) is 6.06. The van der Waals surface area contributed by atoms with E-state index in [1.165, 1.54) is 30.4 Å². The van der Waals surface area contributed by atoms with Gasteiger partial charge in [0.05, 0.1) is 6.04 Å². The molecular weight excluding hydrogens is 377 g/mol. The topological polar surface area (TPSA) is 20.3 Å². The second-order valence-corrected chi connectivity index (χ2v) is 8.77. The van der Waals surface area contributed by atoms with E-state index in [1.807, 2.05) is 24.3 Å². The zero-order chi connectivity index (χ0) is 18.8. The molecule has 1 aliphatic carbocycles. The molecule has 27 heavy (non-hydrogen) atoms. The number of hydrogen-bond donors (Lipinski definition) is 0. The number of nitrogens with zero attached hydrogens (tertiary/aromatic N) is 1. The molecule has 0 N–H and O–H groups in total. The molecule has 0 bridgehead atoms. The Morgan fingerprint density at radius 3 is 1.74 bits per heavy atom. The lowest BCUT2D eigenvalue weighted by Gasteiger charge is -2.45. The average Bonchev–Trinajstić information content (AvgIpc) is 2.66. The predicted octanol–water partition coefficient (Wildman–Crippen LogP) is 6.16. The minimum absolute atomic E-state index is 0.134. The fraction of sp³-hybridized carbons (Fsp3) is 0.435. The summed E-state index contributed by atoms with van der Waals surface area (Å²) in [6.45, 7) is 1.68. The van der Waals surface area contributed by atoms with Crippen LogP contribution in [0.3, 0.4) is 0 Å². The van der Waals surface area contributed by atoms with Gasteiger partial charge in [0.2, 0.25) is 0 Å². The van der Waals surface area contributed by atoms with Gasteiger partial charge < -0.3 is 0 Å². The van der Waals surface area contributed by atoms with Crippen molar-refractivity contribution >= 4 is 29.0 Å². The molecule has 4 heteroatoms. The highest BCUT2D eigenvalue weighted by Crippen LogP contribution is 2.37. The van der Waals surface area contributed by atoms with Gasteiger partial charge in [0.1, 0.15) is 5.78 Å². The van der Waals surface area contributed by atoms with Crippen LogP contribution >= 0.6 is 23.2 Å². The predicted molar refractivity (Wildman–Crippen MR) is 111 cm³/mol. The Kier molecular flexibility index (Phi) is 5.87. The van der Waals surface area contributed by atoms with E-state index < -0.39 is 0 Å². The van der Waals surface area contributed by atoms with Crippen LogP contribution in [0.4, 0.5) is 0 Å². The van der Waals surface area contributed by atoms with Crippen LogP contribution in [0, 0.1) is 11.8 Å². The fourth-order valence-electron chi connectivity index (χ4n) is 4.53. The van der Waals surface area contributed by atoms with Crippen molar-refractivity contribution in [1.29, 1.82) is 0 Å². The quantitative estimate of drug-likeness (QED) is 0.597. The summed E-state index contributed by atoms with van der Waals surface area (Å²) >= 11 is 12.2. The molecule has 1 saturated carbocycles. The van der Waals surface area contributed by atoms with Crippen molar-refractivity contribution in [2.75, 3.05) is 13.1 Å². The molecule has 4 rings (SSSR count). The van der Waals surface area contributed by atoms with Crippen LogP contribution in [0.5, 0.6) is 0 Å². The van der Waals surface area contributed by atoms with Crippen LogP contribution in [0.2, 0.25) is 10.0 Å². The van der Waals surface area contributed by atoms with Gasteiger partial charge in [-0.2, -0.15) is 0 Å². The number of rotatable bonds is 5. The normalized spacial score (nSPS) is 19.2. The number of Topliss-reactive ketones (excluding diaryl/α,β-unsaturated/α-hetero) is 1. The Morgan fingerprint density at radius 2 is 1.26 bits per heavy atom. The van der Waals surface area contributed by atoms with Crippen LogP contribution in [-0.4, -0.2) is 23.8 Å². The highest BCUT2D eigenvalue weighted by Gasteiger charge is 2.40. The molecule has 2 aromatic carbocycles. The van der Waals surface area contributed by atoms with E-state index in [0.717, 1.165) is 36.0 Å². The first-order valence-electron chi connectivity index (χ1n) is 9.90. The average molecular weight is 402 g/mol. The molecule has 0 atom stereocenters. The van der Waals surface area contributed by atoms with Gasteiger partial charge >= 0.3 is 0 Å². The number of benzene rings is 2. The first-order valence-corrected chi connectivity index (χ1v) is 10.7. The molecule has 2 nitrogen and oxygen atoms in total. The SMILES string of the molecule is O=C(C1CCCCC1)C1CN(C(c2ccc(Cl)cc2)c2ccc(Cl)cc2)C1. The van der Waals surface area contributed by atoms with E-state index in [0.29, 0.717) is 11.7 Å². The maximum Gasteiger partial charge on any atom is 0.141 e. The molecule has 0 aromatic heterocycles. The molecule has 1 heterocycles. The van der Waals surface area contributed by atoms with Crippen molar-refractivity contribution < 1.29 is 4.79 Å². The van der Waals surface area contributed by atoms with E-state index >= 15 is 0 Å². The molecule has 1 saturated heterocycles. The molecule has 0 radical (unpaired) electrons. The second-order valence-electron chi connectivity index (χ2n) is 7.89. The van der Waals surface area contributed by atoms with Gasteiger partial charge in [0.25, 0.3) is 0 Å². The summed E-state index contributed by atoms with van der Waals surface area (Å²) in [6, 6.07) is 16.2. The summed E-state index contributed by atoms with van der Waals surface area (Å²) in [5, 5.41) is 1.48. The first kappa shape index (κ1) is 19.0. The third-order valence-corrected chi connectivity index (χ3v) is 6.56. The maximum absolute atomic E-state index is 12.8. The Morgan fingerprint density at radius 1 is 0.778 bits per heavy atom. The van der Waals surface area contributed by atoms with Crippen LogP contribution in [-0.2, 0) is 4.79 Å². The number of carbonyl (C=O) groups excluding carboxylic acids is 1. The Balaban J connectivity index is 1.51. The number of ketones is 1. The van der Waals surface area contributed by atoms with Gasteiger partial charge in [-0.15, -0.1) is 0 Å². The van der Waals surface area contributed by atoms with Crippen LogP contribution in [0.15, 0.2) is 48.5 Å². The molecule has 142 valence electrons. The molecule has 0 spiro atoms. The lowest BCUT2D eigenvalue weighted by Crippen LogP contribution is -2.53. The monoisotopic (exact) mass is 401 g/mol. The molecule has 2 aliphatic rings. The third kappa shape index (κ3) is 4.23. The lowest BCUT2D eigenvalue weighted by atomic mass is 9.78. The van der Waals surface area contributed by atoms with Crippen LogP contribution in [0.25, 0.3) is 0 Å². The Hall–Kier alpha value is -1.35. The summed E-state index contributed by atoms with van der Waals surface area (Å²) in [6.07, 6.45) is 5.89. The van der Waals surface area contributed by atoms with Gasteiger partial charge in [0, 0.05) is 35.0 Å². The van der Waals surface area contributed by atoms with Gasteiger partial charge in [-0.25, -0.2) is 0 Å². The summed E-state index contributed by atoms with van der Waals surface area (Å²) in [4.78, 5) is 15.2. The summed E-state index contributed by atoms with van der Waals surface area (Å²) in [5.74, 6) is 0.988. The van der Waals surface area contributed by atoms with E-state index in [4.69, 9.17) is 23.2 Å². The zero-order valence-corrected chi connectivity index (χ0v) is 16.9. The number of likely N-dealkylation sites (tertiary alicyclic amines) is 1. The van der Waals surface area contributed by atoms with Gasteiger partial charge in [-0.3, -0.25) is 9.69 Å². The minimum atomic E-state index is 0.134. The Bertz CT molecular complexity index is 730. The highest BCUT2D eigenvalue weighted by molar-refractivity contribution is 6.30. The largest absolute Gasteiger partial charge is 0.299 e. The molecule has 0 unspecified atom stereocenters. The zero-order valence-electron chi connectivity index (χ0n) is 15.4. The second kappa shape index (κ2) is 8.34. The minimum Gasteiger partial charge on any atom is -0.299 e. The standard InChI is InChI=1S/C23H25Cl2NO/c24-20-10-6-16(7-11-20)22(17-8-12-21(25)13-9-17)26-14-19(15-26)23(27)18-4-2-1-3-5-18/h6-13,18-19,22H,1-5,14-15H2. The van der Waals surface area contributed by atoms with Crippen LogP contribution in [0.1, 0.15) is 49.3 Å². The van der Waals surface area contributed by atoms with Gasteiger partial charge in [0.15, 0.2) is 0 Å². The van der Waals surface area contributed by atoms with Crippen molar-refractivity contribution in [3.8, 4) is 0 Å². The van der Waals surface area contributed by atoms with Crippen LogP contribution < -0.4 is 0 Å². The number of carbonyl (C=O) groups is 1. The highest BCUT2D eigenvalue weighted by atomic mass is 35.5. The molecule has 2 fully saturated rings. The maximum atomic E-state index is 12.8. The molecule has 1 aliphatic heterocycles. The van der Waals surface area contributed by atoms with Crippen molar-refractivity contribution in [1.82, 2.24) is 4.90 Å². The lowest BCUT2D eigenvalue weighted by molar-refractivity contribution is -0.133. The van der Waals surface area contributed by atoms with E-state index in [-0.39, 0.29) is 12.0 Å². The van der Waals surface area contributed by atoms with Crippen molar-refractivity contribution in [2.45, 2.75) is 38.1 Å². The van der Waals surface area contributed by atoms with Crippen molar-refractivity contribution in [3.63, 3.8) is 0 Å². The fourth-order valence-corrected chi connectivity index (χ4v) is 4.78. The number of halogens is 2. The molecule has 0 amide bonds. The summed E-state index contributed by atoms with van der Waals surface area (Å²) in [5.41, 5.74) is 2.40. The number of hydrogen-bond acceptors (Lipinski definition) is 2.